The molecule has 0 heterocycles. The second-order valence-corrected chi connectivity index (χ2v) is 2.87. The van der Waals surface area contributed by atoms with Gasteiger partial charge in [0.05, 0.1) is 0 Å². The van der Waals surface area contributed by atoms with Crippen molar-refractivity contribution in [3.63, 3.8) is 0 Å². The maximum absolute atomic E-state index is 9.18. The van der Waals surface area contributed by atoms with Gasteiger partial charge in [-0.15, -0.1) is 0 Å². The summed E-state index contributed by atoms with van der Waals surface area (Å²) in [5, 5.41) is 11.3. The van der Waals surface area contributed by atoms with Crippen LogP contribution in [0.25, 0.3) is 10.8 Å². The third-order valence-corrected chi connectivity index (χ3v) is 1.89. The molecule has 0 aliphatic heterocycles. The van der Waals surface area contributed by atoms with Crippen molar-refractivity contribution in [3.05, 3.63) is 48.9 Å². The van der Waals surface area contributed by atoms with Crippen LogP contribution in [0, 0.1) is 6.92 Å². The first-order valence-corrected chi connectivity index (χ1v) is 3.80. The lowest BCUT2D eigenvalue weighted by Gasteiger charge is -1.99. The van der Waals surface area contributed by atoms with Crippen molar-refractivity contribution in [1.82, 2.24) is 0 Å². The van der Waals surface area contributed by atoms with Gasteiger partial charge in [-0.3, -0.25) is 0 Å². The van der Waals surface area contributed by atoms with Gasteiger partial charge in [-0.2, -0.15) is 0 Å². The Morgan fingerprint density at radius 3 is 2.42 bits per heavy atom. The van der Waals surface area contributed by atoms with Gasteiger partial charge < -0.3 is 5.11 Å². The summed E-state index contributed by atoms with van der Waals surface area (Å²) in [5.41, 5.74) is 0.994. The lowest BCUT2D eigenvalue weighted by molar-refractivity contribution is 0.476. The van der Waals surface area contributed by atoms with Crippen molar-refractivity contribution < 1.29 is 5.11 Å². The van der Waals surface area contributed by atoms with E-state index in [-0.39, 0.29) is 0 Å². The summed E-state index contributed by atoms with van der Waals surface area (Å²) in [6, 6.07) is 11.2. The van der Waals surface area contributed by atoms with E-state index >= 15 is 0 Å². The Labute approximate surface area is 71.3 Å². The van der Waals surface area contributed by atoms with Gasteiger partial charge >= 0.3 is 0 Å². The first kappa shape index (κ1) is 7.17. The van der Waals surface area contributed by atoms with Crippen LogP contribution in [0.2, 0.25) is 0 Å². The number of aromatic hydroxyl groups is 1. The lowest BCUT2D eigenvalue weighted by atomic mass is 10.1. The highest BCUT2D eigenvalue weighted by molar-refractivity contribution is 5.84. The van der Waals surface area contributed by atoms with Gasteiger partial charge in [0, 0.05) is 0 Å². The molecule has 2 aromatic rings. The van der Waals surface area contributed by atoms with Crippen LogP contribution < -0.4 is 0 Å². The highest BCUT2D eigenvalue weighted by Crippen LogP contribution is 2.20. The Hall–Kier alpha value is -1.50. The lowest BCUT2D eigenvalue weighted by Crippen LogP contribution is -1.74. The number of rotatable bonds is 0. The van der Waals surface area contributed by atoms with Crippen LogP contribution >= 0.6 is 0 Å². The number of phenolic OH excluding ortho intramolecular Hbond substituents is 1. The molecule has 1 nitrogen and oxygen atoms in total. The van der Waals surface area contributed by atoms with E-state index in [2.05, 4.69) is 6.92 Å². The molecule has 12 heavy (non-hydrogen) atoms. The van der Waals surface area contributed by atoms with E-state index in [1.165, 1.54) is 0 Å². The van der Waals surface area contributed by atoms with E-state index in [0.717, 1.165) is 16.3 Å². The summed E-state index contributed by atoms with van der Waals surface area (Å²) in [4.78, 5) is 0. The van der Waals surface area contributed by atoms with Gasteiger partial charge in [-0.25, -0.2) is 0 Å². The highest BCUT2D eigenvalue weighted by atomic mass is 16.3. The van der Waals surface area contributed by atoms with Crippen molar-refractivity contribution in [3.8, 4) is 5.75 Å². The minimum Gasteiger partial charge on any atom is -0.508 e. The van der Waals surface area contributed by atoms with Crippen LogP contribution in [0.5, 0.6) is 5.75 Å². The van der Waals surface area contributed by atoms with E-state index < -0.39 is 0 Å². The normalized spacial score (nSPS) is 10.4. The minimum atomic E-state index is 0.305. The summed E-state index contributed by atoms with van der Waals surface area (Å²) in [6.07, 6.45) is 0. The minimum absolute atomic E-state index is 0.305. The topological polar surface area (TPSA) is 20.2 Å². The van der Waals surface area contributed by atoms with Gasteiger partial charge in [-0.05, 0) is 35.4 Å². The second-order valence-electron chi connectivity index (χ2n) is 2.87. The smallest absolute Gasteiger partial charge is 0.116 e. The predicted octanol–water partition coefficient (Wildman–Crippen LogP) is 2.73. The van der Waals surface area contributed by atoms with Crippen molar-refractivity contribution >= 4 is 10.8 Å². The molecule has 2 aromatic carbocycles. The Bertz CT molecular complexity index is 377. The molecule has 59 valence electrons. The molecule has 1 heteroatoms. The monoisotopic (exact) mass is 157 g/mol. The Morgan fingerprint density at radius 1 is 0.917 bits per heavy atom. The quantitative estimate of drug-likeness (QED) is 0.623. The molecule has 0 spiro atoms. The van der Waals surface area contributed by atoms with Crippen LogP contribution in [0.15, 0.2) is 36.4 Å². The Morgan fingerprint density at radius 2 is 1.58 bits per heavy atom. The average molecular weight is 157 g/mol. The standard InChI is InChI=1S/C11H9O/c1-8-2-3-10-7-11(12)5-4-9(10)6-8/h2-7,12H,1H2. The van der Waals surface area contributed by atoms with Crippen LogP contribution in [0.1, 0.15) is 5.56 Å². The van der Waals surface area contributed by atoms with Crippen molar-refractivity contribution in [1.29, 1.82) is 0 Å². The Balaban J connectivity index is 2.79. The fourth-order valence-corrected chi connectivity index (χ4v) is 1.28. The second kappa shape index (κ2) is 2.52. The number of fused-ring (bicyclic) bond motifs is 1. The van der Waals surface area contributed by atoms with E-state index in [1.54, 1.807) is 12.1 Å². The number of benzene rings is 2. The number of phenols is 1. The molecule has 0 aliphatic rings. The predicted molar refractivity (Wildman–Crippen MR) is 50.1 cm³/mol. The van der Waals surface area contributed by atoms with E-state index in [9.17, 15) is 5.11 Å². The largest absolute Gasteiger partial charge is 0.508 e. The number of hydrogen-bond acceptors (Lipinski definition) is 1. The molecule has 0 fully saturated rings. The summed E-state index contributed by atoms with van der Waals surface area (Å²) >= 11 is 0. The highest BCUT2D eigenvalue weighted by Gasteiger charge is 1.94. The molecule has 0 aliphatic carbocycles. The van der Waals surface area contributed by atoms with Crippen LogP contribution in [-0.4, -0.2) is 5.11 Å². The molecular formula is C11H9O. The van der Waals surface area contributed by atoms with Crippen molar-refractivity contribution in [2.75, 3.05) is 0 Å². The molecule has 0 atom stereocenters. The first-order valence-electron chi connectivity index (χ1n) is 3.80. The van der Waals surface area contributed by atoms with Crippen LogP contribution in [0.3, 0.4) is 0 Å². The van der Waals surface area contributed by atoms with Crippen LogP contribution in [-0.2, 0) is 0 Å². The third kappa shape index (κ3) is 1.14. The van der Waals surface area contributed by atoms with Gasteiger partial charge in [0.15, 0.2) is 0 Å². The van der Waals surface area contributed by atoms with Crippen molar-refractivity contribution in [2.45, 2.75) is 0 Å². The zero-order valence-electron chi connectivity index (χ0n) is 6.62. The maximum atomic E-state index is 9.18. The summed E-state index contributed by atoms with van der Waals surface area (Å²) in [5.74, 6) is 0.305. The molecule has 2 rings (SSSR count). The number of hydrogen-bond donors (Lipinski definition) is 1. The third-order valence-electron chi connectivity index (χ3n) is 1.89. The first-order chi connectivity index (χ1) is 5.75. The molecule has 0 saturated carbocycles. The molecule has 0 amide bonds. The van der Waals surface area contributed by atoms with E-state index in [4.69, 9.17) is 0 Å². The van der Waals surface area contributed by atoms with Crippen LogP contribution in [0.4, 0.5) is 0 Å². The summed E-state index contributed by atoms with van der Waals surface area (Å²) in [7, 11) is 0. The zero-order valence-corrected chi connectivity index (χ0v) is 6.62. The molecule has 0 aromatic heterocycles. The Kier molecular flexibility index (Phi) is 1.51. The molecule has 0 unspecified atom stereocenters. The van der Waals surface area contributed by atoms with Gasteiger partial charge in [-0.1, -0.05) is 24.3 Å². The maximum Gasteiger partial charge on any atom is 0.116 e. The van der Waals surface area contributed by atoms with Gasteiger partial charge in [0.1, 0.15) is 5.75 Å². The fourth-order valence-electron chi connectivity index (χ4n) is 1.28. The van der Waals surface area contributed by atoms with Crippen molar-refractivity contribution in [2.24, 2.45) is 0 Å². The molecule has 0 saturated heterocycles. The van der Waals surface area contributed by atoms with Gasteiger partial charge in [0.2, 0.25) is 0 Å². The zero-order chi connectivity index (χ0) is 8.55. The molecule has 1 radical (unpaired) electrons. The van der Waals surface area contributed by atoms with Gasteiger partial charge in [0.25, 0.3) is 0 Å². The van der Waals surface area contributed by atoms with E-state index in [0.29, 0.717) is 5.75 Å². The fraction of sp³-hybridized carbons (Fsp3) is 0. The molecule has 1 N–H and O–H groups in total. The molecular weight excluding hydrogens is 148 g/mol. The summed E-state index contributed by atoms with van der Waals surface area (Å²) in [6.45, 7) is 3.83. The molecule has 0 bridgehead atoms. The van der Waals surface area contributed by atoms with E-state index in [1.807, 2.05) is 24.3 Å². The summed E-state index contributed by atoms with van der Waals surface area (Å²) < 4.78 is 0. The average Bonchev–Trinajstić information content (AvgIpc) is 2.05. The SMILES string of the molecule is [CH2]c1ccc2cc(O)ccc2c1.